The van der Waals surface area contributed by atoms with Gasteiger partial charge in [0.1, 0.15) is 11.5 Å². The summed E-state index contributed by atoms with van der Waals surface area (Å²) >= 11 is 1.21. The van der Waals surface area contributed by atoms with Gasteiger partial charge >= 0.3 is 0 Å². The molecule has 0 aliphatic heterocycles. The van der Waals surface area contributed by atoms with Gasteiger partial charge in [0.05, 0.1) is 31.1 Å². The van der Waals surface area contributed by atoms with Crippen molar-refractivity contribution in [1.29, 1.82) is 5.26 Å². The molecule has 0 fully saturated rings. The van der Waals surface area contributed by atoms with Crippen molar-refractivity contribution in [2.24, 2.45) is 0 Å². The van der Waals surface area contributed by atoms with Crippen LogP contribution in [0.5, 0.6) is 11.5 Å². The summed E-state index contributed by atoms with van der Waals surface area (Å²) in [5.41, 5.74) is 0.678. The van der Waals surface area contributed by atoms with Gasteiger partial charge in [-0.05, 0) is 30.8 Å². The lowest BCUT2D eigenvalue weighted by atomic mass is 10.2. The highest BCUT2D eigenvalue weighted by Crippen LogP contribution is 2.34. The van der Waals surface area contributed by atoms with E-state index in [1.54, 1.807) is 39.3 Å². The van der Waals surface area contributed by atoms with Crippen LogP contribution in [0.4, 0.5) is 0 Å². The molecule has 1 aromatic carbocycles. The fraction of sp³-hybridized carbons (Fsp3) is 0.308. The molecular weight excluding hydrogens is 278 g/mol. The van der Waals surface area contributed by atoms with Crippen molar-refractivity contribution in [2.45, 2.75) is 17.4 Å². The van der Waals surface area contributed by atoms with Crippen molar-refractivity contribution < 1.29 is 13.9 Å². The first-order chi connectivity index (χ1) is 9.67. The zero-order chi connectivity index (χ0) is 14.5. The SMILES string of the molecule is COc1ccc(-c2nnc(SC(C)C#N)o2)c(OC)c1. The topological polar surface area (TPSA) is 81.2 Å². The molecule has 0 saturated heterocycles. The van der Waals surface area contributed by atoms with Gasteiger partial charge in [-0.1, -0.05) is 0 Å². The molecule has 7 heteroatoms. The molecule has 2 aromatic rings. The first-order valence-corrected chi connectivity index (χ1v) is 6.68. The third-order valence-corrected chi connectivity index (χ3v) is 3.33. The second-order valence-electron chi connectivity index (χ2n) is 3.83. The molecule has 1 heterocycles. The maximum Gasteiger partial charge on any atom is 0.278 e. The molecule has 1 aromatic heterocycles. The van der Waals surface area contributed by atoms with E-state index < -0.39 is 0 Å². The van der Waals surface area contributed by atoms with Crippen molar-refractivity contribution in [3.05, 3.63) is 18.2 Å². The summed E-state index contributed by atoms with van der Waals surface area (Å²) in [4.78, 5) is 0. The molecule has 0 radical (unpaired) electrons. The highest BCUT2D eigenvalue weighted by Gasteiger charge is 2.16. The first kappa shape index (κ1) is 14.2. The van der Waals surface area contributed by atoms with E-state index >= 15 is 0 Å². The van der Waals surface area contributed by atoms with Crippen molar-refractivity contribution in [2.75, 3.05) is 14.2 Å². The molecule has 104 valence electrons. The summed E-state index contributed by atoms with van der Waals surface area (Å²) in [5.74, 6) is 1.60. The van der Waals surface area contributed by atoms with E-state index in [4.69, 9.17) is 19.2 Å². The number of methoxy groups -OCH3 is 2. The van der Waals surface area contributed by atoms with Crippen LogP contribution in [0.1, 0.15) is 6.92 Å². The van der Waals surface area contributed by atoms with Crippen LogP contribution >= 0.6 is 11.8 Å². The number of rotatable bonds is 5. The third-order valence-electron chi connectivity index (χ3n) is 2.50. The van der Waals surface area contributed by atoms with Crippen LogP contribution in [0.25, 0.3) is 11.5 Å². The quantitative estimate of drug-likeness (QED) is 0.783. The zero-order valence-electron chi connectivity index (χ0n) is 11.3. The Kier molecular flexibility index (Phi) is 4.48. The van der Waals surface area contributed by atoms with Crippen LogP contribution in [-0.4, -0.2) is 29.7 Å². The molecule has 1 atom stereocenters. The van der Waals surface area contributed by atoms with Crippen molar-refractivity contribution in [3.63, 3.8) is 0 Å². The lowest BCUT2D eigenvalue weighted by Crippen LogP contribution is -1.90. The Morgan fingerprint density at radius 2 is 2.10 bits per heavy atom. The highest BCUT2D eigenvalue weighted by atomic mass is 32.2. The number of nitrogens with zero attached hydrogens (tertiary/aromatic N) is 3. The van der Waals surface area contributed by atoms with Crippen LogP contribution in [0.3, 0.4) is 0 Å². The predicted octanol–water partition coefficient (Wildman–Crippen LogP) is 2.76. The number of aromatic nitrogens is 2. The molecule has 20 heavy (non-hydrogen) atoms. The predicted molar refractivity (Wildman–Crippen MR) is 73.8 cm³/mol. The Hall–Kier alpha value is -2.20. The van der Waals surface area contributed by atoms with Crippen LogP contribution in [0.15, 0.2) is 27.8 Å². The van der Waals surface area contributed by atoms with Gasteiger partial charge in [-0.15, -0.1) is 10.2 Å². The summed E-state index contributed by atoms with van der Waals surface area (Å²) < 4.78 is 15.9. The number of hydrogen-bond acceptors (Lipinski definition) is 7. The summed E-state index contributed by atoms with van der Waals surface area (Å²) in [6.45, 7) is 1.77. The maximum absolute atomic E-state index is 8.77. The van der Waals surface area contributed by atoms with E-state index in [1.807, 2.05) is 0 Å². The Morgan fingerprint density at radius 1 is 1.30 bits per heavy atom. The summed E-state index contributed by atoms with van der Waals surface area (Å²) in [6, 6.07) is 7.40. The van der Waals surface area contributed by atoms with E-state index in [1.165, 1.54) is 11.8 Å². The lowest BCUT2D eigenvalue weighted by Gasteiger charge is -2.07. The van der Waals surface area contributed by atoms with E-state index in [0.29, 0.717) is 28.2 Å². The van der Waals surface area contributed by atoms with Gasteiger partial charge in [-0.2, -0.15) is 5.26 Å². The van der Waals surface area contributed by atoms with Gasteiger partial charge in [0, 0.05) is 6.07 Å². The fourth-order valence-corrected chi connectivity index (χ4v) is 2.09. The lowest BCUT2D eigenvalue weighted by molar-refractivity contribution is 0.393. The molecule has 0 bridgehead atoms. The van der Waals surface area contributed by atoms with Gasteiger partial charge < -0.3 is 13.9 Å². The highest BCUT2D eigenvalue weighted by molar-refractivity contribution is 7.99. The van der Waals surface area contributed by atoms with Gasteiger partial charge in [-0.3, -0.25) is 0 Å². The Morgan fingerprint density at radius 3 is 2.75 bits per heavy atom. The smallest absolute Gasteiger partial charge is 0.278 e. The molecule has 0 aliphatic carbocycles. The van der Waals surface area contributed by atoms with Crippen molar-refractivity contribution >= 4 is 11.8 Å². The number of ether oxygens (including phenoxy) is 2. The standard InChI is InChI=1S/C13H13N3O3S/c1-8(7-14)20-13-16-15-12(19-13)10-5-4-9(17-2)6-11(10)18-3/h4-6,8H,1-3H3. The monoisotopic (exact) mass is 291 g/mol. The Balaban J connectivity index is 2.30. The molecule has 0 aliphatic rings. The average molecular weight is 291 g/mol. The normalized spacial score (nSPS) is 11.7. The van der Waals surface area contributed by atoms with Gasteiger partial charge in [0.2, 0.25) is 0 Å². The average Bonchev–Trinajstić information content (AvgIpc) is 2.94. The minimum absolute atomic E-state index is 0.249. The van der Waals surface area contributed by atoms with E-state index in [0.717, 1.165) is 0 Å². The molecule has 0 saturated carbocycles. The second-order valence-corrected chi connectivity index (χ2v) is 5.12. The first-order valence-electron chi connectivity index (χ1n) is 5.80. The summed E-state index contributed by atoms with van der Waals surface area (Å²) in [5, 5.41) is 16.7. The van der Waals surface area contributed by atoms with Crippen LogP contribution in [0.2, 0.25) is 0 Å². The number of thioether (sulfide) groups is 1. The van der Waals surface area contributed by atoms with Crippen molar-refractivity contribution in [3.8, 4) is 29.0 Å². The minimum Gasteiger partial charge on any atom is -0.497 e. The van der Waals surface area contributed by atoms with Gasteiger partial charge in [0.25, 0.3) is 11.1 Å². The van der Waals surface area contributed by atoms with Crippen LogP contribution < -0.4 is 9.47 Å². The molecule has 1 unspecified atom stereocenters. The van der Waals surface area contributed by atoms with Crippen LogP contribution in [0, 0.1) is 11.3 Å². The maximum atomic E-state index is 8.77. The third kappa shape index (κ3) is 3.03. The summed E-state index contributed by atoms with van der Waals surface area (Å²) in [7, 11) is 3.14. The molecule has 0 N–H and O–H groups in total. The molecule has 0 amide bonds. The number of benzene rings is 1. The molecular formula is C13H13N3O3S. The van der Waals surface area contributed by atoms with Gasteiger partial charge in [-0.25, -0.2) is 0 Å². The zero-order valence-corrected chi connectivity index (χ0v) is 12.1. The fourth-order valence-electron chi connectivity index (χ4n) is 1.52. The van der Waals surface area contributed by atoms with Gasteiger partial charge in [0.15, 0.2) is 0 Å². The number of hydrogen-bond donors (Lipinski definition) is 0. The van der Waals surface area contributed by atoms with E-state index in [9.17, 15) is 0 Å². The molecule has 6 nitrogen and oxygen atoms in total. The van der Waals surface area contributed by atoms with Crippen molar-refractivity contribution in [1.82, 2.24) is 10.2 Å². The molecule has 2 rings (SSSR count). The van der Waals surface area contributed by atoms with E-state index in [2.05, 4.69) is 16.3 Å². The largest absolute Gasteiger partial charge is 0.497 e. The summed E-state index contributed by atoms with van der Waals surface area (Å²) in [6.07, 6.45) is 0. The second kappa shape index (κ2) is 6.30. The molecule has 0 spiro atoms. The Labute approximate surface area is 120 Å². The van der Waals surface area contributed by atoms with Crippen LogP contribution in [-0.2, 0) is 0 Å². The Bertz CT molecular complexity index is 636. The van der Waals surface area contributed by atoms with E-state index in [-0.39, 0.29) is 5.25 Å². The minimum atomic E-state index is -0.249. The number of nitriles is 1.